The molecule has 140 valence electrons. The lowest BCUT2D eigenvalue weighted by Crippen LogP contribution is -2.25. The van der Waals surface area contributed by atoms with Crippen LogP contribution in [0.15, 0.2) is 54.7 Å². The number of aryl methyl sites for hydroxylation is 2. The Labute approximate surface area is 163 Å². The van der Waals surface area contributed by atoms with Crippen molar-refractivity contribution in [2.24, 2.45) is 7.05 Å². The van der Waals surface area contributed by atoms with Gasteiger partial charge >= 0.3 is 0 Å². The summed E-state index contributed by atoms with van der Waals surface area (Å²) in [5.74, 6) is -0.108. The Morgan fingerprint density at radius 2 is 1.93 bits per heavy atom. The average molecular weight is 384 g/mol. The van der Waals surface area contributed by atoms with E-state index in [2.05, 4.69) is 10.4 Å². The fraction of sp³-hybridized carbons (Fsp3) is 0.238. The summed E-state index contributed by atoms with van der Waals surface area (Å²) >= 11 is 6.15. The number of phenols is 1. The van der Waals surface area contributed by atoms with Gasteiger partial charge in [-0.3, -0.25) is 9.48 Å². The SMILES string of the molecule is Cc1nn(C)cc1CNC(=O)C[C@H](c1cccc(O)c1)c1cccc(Cl)c1. The molecule has 0 aliphatic carbocycles. The second-order valence-corrected chi connectivity index (χ2v) is 7.03. The molecule has 0 spiro atoms. The third-order valence-electron chi connectivity index (χ3n) is 4.50. The minimum absolute atomic E-state index is 0.0772. The first-order valence-electron chi connectivity index (χ1n) is 8.72. The largest absolute Gasteiger partial charge is 0.508 e. The molecule has 5 nitrogen and oxygen atoms in total. The van der Waals surface area contributed by atoms with Gasteiger partial charge in [0.15, 0.2) is 0 Å². The van der Waals surface area contributed by atoms with Gasteiger partial charge in [0.25, 0.3) is 0 Å². The molecule has 0 radical (unpaired) electrons. The minimum atomic E-state index is -0.203. The van der Waals surface area contributed by atoms with Crippen molar-refractivity contribution >= 4 is 17.5 Å². The average Bonchev–Trinajstić information content (AvgIpc) is 2.95. The minimum Gasteiger partial charge on any atom is -0.508 e. The summed E-state index contributed by atoms with van der Waals surface area (Å²) in [6.45, 7) is 2.35. The predicted molar refractivity (Wildman–Crippen MR) is 106 cm³/mol. The number of carbonyl (C=O) groups is 1. The molecule has 0 unspecified atom stereocenters. The molecule has 2 N–H and O–H groups in total. The number of hydrogen-bond acceptors (Lipinski definition) is 3. The van der Waals surface area contributed by atoms with E-state index in [1.54, 1.807) is 28.9 Å². The molecular formula is C21H22ClN3O2. The molecule has 6 heteroatoms. The van der Waals surface area contributed by atoms with Crippen molar-refractivity contribution in [1.29, 1.82) is 0 Å². The zero-order chi connectivity index (χ0) is 19.4. The van der Waals surface area contributed by atoms with Crippen molar-refractivity contribution in [1.82, 2.24) is 15.1 Å². The number of rotatable bonds is 6. The molecule has 0 fully saturated rings. The predicted octanol–water partition coefficient (Wildman–Crippen LogP) is 3.93. The maximum absolute atomic E-state index is 12.6. The molecule has 2 aromatic carbocycles. The highest BCUT2D eigenvalue weighted by molar-refractivity contribution is 6.30. The van der Waals surface area contributed by atoms with Crippen LogP contribution in [0.3, 0.4) is 0 Å². The number of benzene rings is 2. The molecule has 1 amide bonds. The van der Waals surface area contributed by atoms with E-state index in [9.17, 15) is 9.90 Å². The van der Waals surface area contributed by atoms with Crippen LogP contribution in [-0.2, 0) is 18.4 Å². The Bertz CT molecular complexity index is 907. The smallest absolute Gasteiger partial charge is 0.221 e. The van der Waals surface area contributed by atoms with E-state index < -0.39 is 0 Å². The number of amides is 1. The molecule has 0 bridgehead atoms. The number of aromatic nitrogens is 2. The third kappa shape index (κ3) is 4.89. The lowest BCUT2D eigenvalue weighted by Gasteiger charge is -2.18. The van der Waals surface area contributed by atoms with Crippen molar-refractivity contribution in [2.75, 3.05) is 0 Å². The molecule has 27 heavy (non-hydrogen) atoms. The van der Waals surface area contributed by atoms with Gasteiger partial charge in [-0.15, -0.1) is 0 Å². The van der Waals surface area contributed by atoms with Crippen LogP contribution in [0.25, 0.3) is 0 Å². The maximum atomic E-state index is 12.6. The lowest BCUT2D eigenvalue weighted by molar-refractivity contribution is -0.121. The van der Waals surface area contributed by atoms with E-state index in [1.165, 1.54) is 0 Å². The van der Waals surface area contributed by atoms with Gasteiger partial charge in [-0.1, -0.05) is 35.9 Å². The highest BCUT2D eigenvalue weighted by Gasteiger charge is 2.19. The van der Waals surface area contributed by atoms with E-state index in [1.807, 2.05) is 44.4 Å². The Morgan fingerprint density at radius 1 is 1.22 bits per heavy atom. The fourth-order valence-corrected chi connectivity index (χ4v) is 3.37. The summed E-state index contributed by atoms with van der Waals surface area (Å²) in [6, 6.07) is 14.4. The van der Waals surface area contributed by atoms with Crippen LogP contribution >= 0.6 is 11.6 Å². The topological polar surface area (TPSA) is 67.2 Å². The molecule has 3 aromatic rings. The van der Waals surface area contributed by atoms with E-state index in [0.29, 0.717) is 11.6 Å². The molecule has 1 heterocycles. The standard InChI is InChI=1S/C21H22ClN3O2/c1-14-17(13-25(2)24-14)12-23-21(27)11-20(15-5-3-7-18(22)9-15)16-6-4-8-19(26)10-16/h3-10,13,20,26H,11-12H2,1-2H3,(H,23,27)/t20-/m0/s1. The van der Waals surface area contributed by atoms with Crippen molar-refractivity contribution < 1.29 is 9.90 Å². The number of nitrogens with one attached hydrogen (secondary N) is 1. The molecule has 0 aliphatic rings. The molecular weight excluding hydrogens is 362 g/mol. The monoisotopic (exact) mass is 383 g/mol. The molecule has 0 saturated heterocycles. The van der Waals surface area contributed by atoms with Crippen molar-refractivity contribution in [3.8, 4) is 5.75 Å². The third-order valence-corrected chi connectivity index (χ3v) is 4.74. The zero-order valence-electron chi connectivity index (χ0n) is 15.3. The van der Waals surface area contributed by atoms with Gasteiger partial charge < -0.3 is 10.4 Å². The van der Waals surface area contributed by atoms with Crippen molar-refractivity contribution in [2.45, 2.75) is 25.8 Å². The Kier molecular flexibility index (Phi) is 5.81. The Balaban J connectivity index is 1.78. The molecule has 3 rings (SSSR count). The van der Waals surface area contributed by atoms with Crippen LogP contribution < -0.4 is 5.32 Å². The molecule has 0 aliphatic heterocycles. The van der Waals surface area contributed by atoms with Crippen LogP contribution in [0, 0.1) is 6.92 Å². The highest BCUT2D eigenvalue weighted by Crippen LogP contribution is 2.31. The quantitative estimate of drug-likeness (QED) is 0.677. The zero-order valence-corrected chi connectivity index (χ0v) is 16.1. The summed E-state index contributed by atoms with van der Waals surface area (Å²) in [6.07, 6.45) is 2.16. The summed E-state index contributed by atoms with van der Waals surface area (Å²) in [5, 5.41) is 17.7. The van der Waals surface area contributed by atoms with Gasteiger partial charge in [0.1, 0.15) is 5.75 Å². The van der Waals surface area contributed by atoms with Gasteiger partial charge in [-0.25, -0.2) is 0 Å². The normalized spacial score (nSPS) is 12.0. The Morgan fingerprint density at radius 3 is 2.56 bits per heavy atom. The first-order chi connectivity index (χ1) is 12.9. The Hall–Kier alpha value is -2.79. The molecule has 0 saturated carbocycles. The van der Waals surface area contributed by atoms with Crippen LogP contribution in [0.1, 0.15) is 34.7 Å². The van der Waals surface area contributed by atoms with Crippen molar-refractivity contribution in [3.63, 3.8) is 0 Å². The summed E-state index contributed by atoms with van der Waals surface area (Å²) < 4.78 is 1.73. The van der Waals surface area contributed by atoms with Gasteiger partial charge in [0.05, 0.1) is 5.69 Å². The van der Waals surface area contributed by atoms with Gasteiger partial charge in [0.2, 0.25) is 5.91 Å². The fourth-order valence-electron chi connectivity index (χ4n) is 3.17. The highest BCUT2D eigenvalue weighted by atomic mass is 35.5. The van der Waals surface area contributed by atoms with Crippen LogP contribution in [-0.4, -0.2) is 20.8 Å². The molecule has 1 atom stereocenters. The summed E-state index contributed by atoms with van der Waals surface area (Å²) in [7, 11) is 1.86. The summed E-state index contributed by atoms with van der Waals surface area (Å²) in [5.41, 5.74) is 3.69. The van der Waals surface area contributed by atoms with Crippen molar-refractivity contribution in [3.05, 3.63) is 82.1 Å². The number of halogens is 1. The maximum Gasteiger partial charge on any atom is 0.221 e. The van der Waals surface area contributed by atoms with E-state index in [0.717, 1.165) is 22.4 Å². The van der Waals surface area contributed by atoms with Crippen LogP contribution in [0.2, 0.25) is 5.02 Å². The van der Waals surface area contributed by atoms with Crippen LogP contribution in [0.4, 0.5) is 0 Å². The van der Waals surface area contributed by atoms with Crippen LogP contribution in [0.5, 0.6) is 5.75 Å². The number of carbonyl (C=O) groups excluding carboxylic acids is 1. The van der Waals surface area contributed by atoms with E-state index >= 15 is 0 Å². The van der Waals surface area contributed by atoms with E-state index in [4.69, 9.17) is 11.6 Å². The first-order valence-corrected chi connectivity index (χ1v) is 9.10. The summed E-state index contributed by atoms with van der Waals surface area (Å²) in [4.78, 5) is 12.6. The number of hydrogen-bond donors (Lipinski definition) is 2. The van der Waals surface area contributed by atoms with Gasteiger partial charge in [0, 0.05) is 42.7 Å². The second-order valence-electron chi connectivity index (χ2n) is 6.60. The lowest BCUT2D eigenvalue weighted by atomic mass is 9.88. The molecule has 1 aromatic heterocycles. The first kappa shape index (κ1) is 19.0. The number of nitrogens with zero attached hydrogens (tertiary/aromatic N) is 2. The van der Waals surface area contributed by atoms with E-state index in [-0.39, 0.29) is 24.0 Å². The second kappa shape index (κ2) is 8.27. The number of phenolic OH excluding ortho intramolecular Hbond substituents is 1. The van der Waals surface area contributed by atoms with Gasteiger partial charge in [-0.2, -0.15) is 5.10 Å². The van der Waals surface area contributed by atoms with Gasteiger partial charge in [-0.05, 0) is 42.3 Å². The number of aromatic hydroxyl groups is 1.